The maximum atomic E-state index is 5.95. The first-order valence-corrected chi connectivity index (χ1v) is 6.99. The van der Waals surface area contributed by atoms with Crippen LogP contribution < -0.4 is 10.1 Å². The number of ether oxygens (including phenoxy) is 2. The van der Waals surface area contributed by atoms with Crippen molar-refractivity contribution in [3.8, 4) is 5.75 Å². The molecule has 0 bridgehead atoms. The molecule has 3 nitrogen and oxygen atoms in total. The molecule has 1 aromatic carbocycles. The molecule has 0 saturated heterocycles. The van der Waals surface area contributed by atoms with E-state index in [0.29, 0.717) is 0 Å². The van der Waals surface area contributed by atoms with E-state index >= 15 is 0 Å². The van der Waals surface area contributed by atoms with Crippen LogP contribution in [0, 0.1) is 6.92 Å². The van der Waals surface area contributed by atoms with E-state index in [9.17, 15) is 0 Å². The van der Waals surface area contributed by atoms with E-state index in [1.54, 1.807) is 7.11 Å². The van der Waals surface area contributed by atoms with Crippen molar-refractivity contribution >= 4 is 0 Å². The molecule has 0 unspecified atom stereocenters. The van der Waals surface area contributed by atoms with Gasteiger partial charge >= 0.3 is 0 Å². The minimum Gasteiger partial charge on any atom is -0.487 e. The van der Waals surface area contributed by atoms with Crippen LogP contribution in [-0.2, 0) is 10.2 Å². The monoisotopic (exact) mass is 266 g/mol. The molecule has 0 radical (unpaired) electrons. The standard InChI is InChI=1S/C16H27NO2/c1-13-6-7-14(16(2,3)4)15(12-13)19-11-9-17-8-10-18-5/h6-7,12,17H,8-11H2,1-5H3/p+1. The van der Waals surface area contributed by atoms with Crippen LogP contribution in [0.15, 0.2) is 18.2 Å². The fourth-order valence-corrected chi connectivity index (χ4v) is 1.97. The van der Waals surface area contributed by atoms with Gasteiger partial charge in [0.05, 0.1) is 13.2 Å². The van der Waals surface area contributed by atoms with Crippen LogP contribution in [-0.4, -0.2) is 33.4 Å². The molecule has 0 saturated carbocycles. The van der Waals surface area contributed by atoms with E-state index in [2.05, 4.69) is 51.2 Å². The van der Waals surface area contributed by atoms with Crippen LogP contribution in [0.5, 0.6) is 5.75 Å². The predicted octanol–water partition coefficient (Wildman–Crippen LogP) is 1.88. The molecule has 19 heavy (non-hydrogen) atoms. The molecule has 0 atom stereocenters. The topological polar surface area (TPSA) is 35.1 Å². The Morgan fingerprint density at radius 1 is 1.11 bits per heavy atom. The molecule has 0 amide bonds. The number of nitrogens with two attached hydrogens (primary N) is 1. The summed E-state index contributed by atoms with van der Waals surface area (Å²) in [5, 5.41) is 2.22. The summed E-state index contributed by atoms with van der Waals surface area (Å²) in [6.45, 7) is 12.2. The van der Waals surface area contributed by atoms with Gasteiger partial charge in [-0.25, -0.2) is 0 Å². The zero-order valence-corrected chi connectivity index (χ0v) is 13.0. The molecule has 1 aromatic rings. The number of benzene rings is 1. The van der Waals surface area contributed by atoms with Gasteiger partial charge in [0.2, 0.25) is 0 Å². The Hall–Kier alpha value is -1.06. The highest BCUT2D eigenvalue weighted by atomic mass is 16.5. The van der Waals surface area contributed by atoms with Crippen molar-refractivity contribution in [1.29, 1.82) is 0 Å². The fraction of sp³-hybridized carbons (Fsp3) is 0.625. The maximum Gasteiger partial charge on any atom is 0.137 e. The predicted molar refractivity (Wildman–Crippen MR) is 78.9 cm³/mol. The summed E-state index contributed by atoms with van der Waals surface area (Å²) >= 11 is 0. The molecule has 0 aliphatic heterocycles. The molecule has 108 valence electrons. The highest BCUT2D eigenvalue weighted by Gasteiger charge is 2.18. The molecule has 0 aromatic heterocycles. The lowest BCUT2D eigenvalue weighted by atomic mass is 9.86. The van der Waals surface area contributed by atoms with E-state index in [-0.39, 0.29) is 5.41 Å². The van der Waals surface area contributed by atoms with Gasteiger partial charge < -0.3 is 14.8 Å². The van der Waals surface area contributed by atoms with E-state index in [4.69, 9.17) is 9.47 Å². The Kier molecular flexibility index (Phi) is 6.32. The largest absolute Gasteiger partial charge is 0.487 e. The summed E-state index contributed by atoms with van der Waals surface area (Å²) in [5.74, 6) is 1.02. The second-order valence-electron chi connectivity index (χ2n) is 5.96. The third kappa shape index (κ3) is 5.62. The summed E-state index contributed by atoms with van der Waals surface area (Å²) in [5.41, 5.74) is 2.63. The van der Waals surface area contributed by atoms with Crippen molar-refractivity contribution in [3.63, 3.8) is 0 Å². The number of aryl methyl sites for hydroxylation is 1. The highest BCUT2D eigenvalue weighted by molar-refractivity contribution is 5.41. The summed E-state index contributed by atoms with van der Waals surface area (Å²) in [6.07, 6.45) is 0. The molecule has 1 rings (SSSR count). The van der Waals surface area contributed by atoms with Gasteiger partial charge in [0.1, 0.15) is 18.9 Å². The summed E-state index contributed by atoms with van der Waals surface area (Å²) in [7, 11) is 1.73. The van der Waals surface area contributed by atoms with Crippen LogP contribution in [0.2, 0.25) is 0 Å². The molecular formula is C16H28NO2+. The van der Waals surface area contributed by atoms with Crippen LogP contribution in [0.3, 0.4) is 0 Å². The average Bonchev–Trinajstić information content (AvgIpc) is 2.32. The van der Waals surface area contributed by atoms with Gasteiger partial charge in [0.25, 0.3) is 0 Å². The van der Waals surface area contributed by atoms with Gasteiger partial charge in [-0.15, -0.1) is 0 Å². The lowest BCUT2D eigenvalue weighted by Gasteiger charge is -2.23. The molecule has 3 heteroatoms. The first-order chi connectivity index (χ1) is 8.95. The van der Waals surface area contributed by atoms with Gasteiger partial charge in [0, 0.05) is 7.11 Å². The average molecular weight is 266 g/mol. The fourth-order valence-electron chi connectivity index (χ4n) is 1.97. The Labute approximate surface area is 117 Å². The number of hydrogen-bond acceptors (Lipinski definition) is 2. The van der Waals surface area contributed by atoms with Gasteiger partial charge in [-0.3, -0.25) is 0 Å². The van der Waals surface area contributed by atoms with Crippen molar-refractivity contribution in [2.45, 2.75) is 33.1 Å². The van der Waals surface area contributed by atoms with Crippen LogP contribution in [0.1, 0.15) is 31.9 Å². The summed E-state index contributed by atoms with van der Waals surface area (Å²) < 4.78 is 11.0. The number of rotatable bonds is 7. The van der Waals surface area contributed by atoms with E-state index in [1.807, 2.05) is 0 Å². The van der Waals surface area contributed by atoms with Crippen LogP contribution in [0.25, 0.3) is 0 Å². The second kappa shape index (κ2) is 7.51. The zero-order chi connectivity index (χ0) is 14.3. The van der Waals surface area contributed by atoms with Crippen molar-refractivity contribution in [1.82, 2.24) is 0 Å². The SMILES string of the molecule is COCC[NH2+]CCOc1cc(C)ccc1C(C)(C)C. The van der Waals surface area contributed by atoms with Crippen LogP contribution in [0.4, 0.5) is 0 Å². The highest BCUT2D eigenvalue weighted by Crippen LogP contribution is 2.31. The third-order valence-electron chi connectivity index (χ3n) is 3.05. The summed E-state index contributed by atoms with van der Waals surface area (Å²) in [4.78, 5) is 0. The minimum atomic E-state index is 0.114. The van der Waals surface area contributed by atoms with Crippen LogP contribution >= 0.6 is 0 Å². The normalized spacial score (nSPS) is 11.6. The maximum absolute atomic E-state index is 5.95. The molecule has 0 spiro atoms. The lowest BCUT2D eigenvalue weighted by Crippen LogP contribution is -2.86. The molecule has 0 aliphatic carbocycles. The smallest absolute Gasteiger partial charge is 0.137 e. The van der Waals surface area contributed by atoms with Gasteiger partial charge in [-0.2, -0.15) is 0 Å². The third-order valence-corrected chi connectivity index (χ3v) is 3.05. The Morgan fingerprint density at radius 2 is 1.79 bits per heavy atom. The lowest BCUT2D eigenvalue weighted by molar-refractivity contribution is -0.656. The zero-order valence-electron chi connectivity index (χ0n) is 13.0. The quantitative estimate of drug-likeness (QED) is 0.765. The van der Waals surface area contributed by atoms with Gasteiger partial charge in [0.15, 0.2) is 0 Å². The van der Waals surface area contributed by atoms with E-state index in [1.165, 1.54) is 11.1 Å². The van der Waals surface area contributed by atoms with Crippen molar-refractivity contribution in [2.24, 2.45) is 0 Å². The van der Waals surface area contributed by atoms with Gasteiger partial charge in [-0.05, 0) is 29.5 Å². The molecule has 0 fully saturated rings. The Balaban J connectivity index is 2.54. The van der Waals surface area contributed by atoms with Crippen molar-refractivity contribution in [3.05, 3.63) is 29.3 Å². The molecule has 2 N–H and O–H groups in total. The van der Waals surface area contributed by atoms with E-state index < -0.39 is 0 Å². The molecule has 0 heterocycles. The van der Waals surface area contributed by atoms with Gasteiger partial charge in [-0.1, -0.05) is 32.9 Å². The number of hydrogen-bond donors (Lipinski definition) is 1. The van der Waals surface area contributed by atoms with Crippen molar-refractivity contribution in [2.75, 3.05) is 33.4 Å². The van der Waals surface area contributed by atoms with E-state index in [0.717, 1.165) is 32.1 Å². The number of methoxy groups -OCH3 is 1. The molecule has 0 aliphatic rings. The first-order valence-electron chi connectivity index (χ1n) is 6.99. The molecular weight excluding hydrogens is 238 g/mol. The first kappa shape index (κ1) is 16.0. The second-order valence-corrected chi connectivity index (χ2v) is 5.96. The minimum absolute atomic E-state index is 0.114. The number of quaternary nitrogens is 1. The summed E-state index contributed by atoms with van der Waals surface area (Å²) in [6, 6.07) is 6.47. The Bertz CT molecular complexity index is 383. The Morgan fingerprint density at radius 3 is 2.42 bits per heavy atom. The van der Waals surface area contributed by atoms with Crippen molar-refractivity contribution < 1.29 is 14.8 Å².